The summed E-state index contributed by atoms with van der Waals surface area (Å²) in [6, 6.07) is 22.5. The van der Waals surface area contributed by atoms with Gasteiger partial charge in [0.25, 0.3) is 0 Å². The third kappa shape index (κ3) is 4.47. The standard InChI is InChI=1S/C32H30N2O4/c1-19(2)17-37-22-13-11-20(12-14-22)21-15-27-30(28(35)16-21)31(34-26-9-5-4-8-25(26)33-27)24-18-38-29-10-6-3-7-23(29)32(24)36/h3-14,18-19,21,31,33-34H,15-17H2,1-2H3. The fourth-order valence-corrected chi connectivity index (χ4v) is 5.35. The number of rotatable bonds is 5. The molecule has 38 heavy (non-hydrogen) atoms. The summed E-state index contributed by atoms with van der Waals surface area (Å²) >= 11 is 0. The van der Waals surface area contributed by atoms with Crippen molar-refractivity contribution in [3.63, 3.8) is 0 Å². The van der Waals surface area contributed by atoms with E-state index in [1.165, 1.54) is 6.26 Å². The van der Waals surface area contributed by atoms with Crippen molar-refractivity contribution in [2.24, 2.45) is 5.92 Å². The van der Waals surface area contributed by atoms with Crippen LogP contribution in [0.4, 0.5) is 11.4 Å². The predicted octanol–water partition coefficient (Wildman–Crippen LogP) is 6.81. The van der Waals surface area contributed by atoms with Gasteiger partial charge in [-0.25, -0.2) is 0 Å². The van der Waals surface area contributed by atoms with E-state index in [0.717, 1.165) is 28.4 Å². The van der Waals surface area contributed by atoms with E-state index in [1.54, 1.807) is 12.1 Å². The van der Waals surface area contributed by atoms with Gasteiger partial charge in [0.2, 0.25) is 0 Å². The summed E-state index contributed by atoms with van der Waals surface area (Å²) < 4.78 is 11.7. The van der Waals surface area contributed by atoms with E-state index in [9.17, 15) is 9.59 Å². The molecular weight excluding hydrogens is 476 g/mol. The molecule has 4 aromatic rings. The van der Waals surface area contributed by atoms with Gasteiger partial charge in [-0.1, -0.05) is 50.2 Å². The molecule has 2 atom stereocenters. The van der Waals surface area contributed by atoms with Crippen LogP contribution in [0.25, 0.3) is 11.0 Å². The number of hydrogen-bond acceptors (Lipinski definition) is 6. The molecule has 2 unspecified atom stereocenters. The Kier molecular flexibility index (Phi) is 6.24. The predicted molar refractivity (Wildman–Crippen MR) is 150 cm³/mol. The summed E-state index contributed by atoms with van der Waals surface area (Å²) in [4.78, 5) is 27.4. The summed E-state index contributed by atoms with van der Waals surface area (Å²) in [6.07, 6.45) is 2.51. The number of hydrogen-bond donors (Lipinski definition) is 2. The fourth-order valence-electron chi connectivity index (χ4n) is 5.35. The van der Waals surface area contributed by atoms with Crippen LogP contribution in [0.2, 0.25) is 0 Å². The third-order valence-corrected chi connectivity index (χ3v) is 7.26. The number of allylic oxidation sites excluding steroid dienone is 1. The van der Waals surface area contributed by atoms with Gasteiger partial charge in [0, 0.05) is 17.7 Å². The van der Waals surface area contributed by atoms with Crippen LogP contribution in [0.5, 0.6) is 5.75 Å². The molecule has 1 aliphatic carbocycles. The summed E-state index contributed by atoms with van der Waals surface area (Å²) in [6.45, 7) is 4.91. The van der Waals surface area contributed by atoms with Gasteiger partial charge in [0.05, 0.1) is 35.0 Å². The monoisotopic (exact) mass is 506 g/mol. The van der Waals surface area contributed by atoms with Crippen LogP contribution in [0.15, 0.2) is 99.5 Å². The molecule has 1 aromatic heterocycles. The maximum atomic E-state index is 13.8. The highest BCUT2D eigenvalue weighted by atomic mass is 16.5. The van der Waals surface area contributed by atoms with E-state index < -0.39 is 6.04 Å². The van der Waals surface area contributed by atoms with Gasteiger partial charge in [-0.2, -0.15) is 0 Å². The van der Waals surface area contributed by atoms with E-state index in [0.29, 0.717) is 47.5 Å². The maximum Gasteiger partial charge on any atom is 0.198 e. The second-order valence-electron chi connectivity index (χ2n) is 10.5. The summed E-state index contributed by atoms with van der Waals surface area (Å²) in [5, 5.41) is 7.51. The number of carbonyl (C=O) groups excluding carboxylic acids is 1. The zero-order chi connectivity index (χ0) is 26.2. The normalized spacial score (nSPS) is 18.9. The zero-order valence-electron chi connectivity index (χ0n) is 21.5. The quantitative estimate of drug-likeness (QED) is 0.310. The molecule has 6 rings (SSSR count). The van der Waals surface area contributed by atoms with Crippen LogP contribution >= 0.6 is 0 Å². The number of para-hydroxylation sites is 3. The number of benzene rings is 3. The first-order chi connectivity index (χ1) is 18.5. The molecule has 192 valence electrons. The van der Waals surface area contributed by atoms with Crippen LogP contribution in [0.3, 0.4) is 0 Å². The van der Waals surface area contributed by atoms with Gasteiger partial charge in [0.15, 0.2) is 11.2 Å². The molecule has 0 saturated heterocycles. The summed E-state index contributed by atoms with van der Waals surface area (Å²) in [7, 11) is 0. The lowest BCUT2D eigenvalue weighted by atomic mass is 9.78. The molecule has 6 nitrogen and oxygen atoms in total. The molecule has 0 spiro atoms. The van der Waals surface area contributed by atoms with E-state index in [1.807, 2.05) is 48.5 Å². The van der Waals surface area contributed by atoms with E-state index in [2.05, 4.69) is 36.6 Å². The molecule has 0 bridgehead atoms. The van der Waals surface area contributed by atoms with Crippen LogP contribution < -0.4 is 20.8 Å². The Morgan fingerprint density at radius 2 is 1.66 bits per heavy atom. The van der Waals surface area contributed by atoms with Crippen LogP contribution in [0, 0.1) is 5.92 Å². The van der Waals surface area contributed by atoms with E-state index >= 15 is 0 Å². The number of Topliss-reactive ketones (excluding diaryl/α,β-unsaturated/α-hetero) is 1. The van der Waals surface area contributed by atoms with Crippen molar-refractivity contribution < 1.29 is 13.9 Å². The van der Waals surface area contributed by atoms with Crippen molar-refractivity contribution in [1.82, 2.24) is 0 Å². The molecule has 3 aromatic carbocycles. The van der Waals surface area contributed by atoms with Crippen molar-refractivity contribution in [3.8, 4) is 5.75 Å². The molecule has 0 saturated carbocycles. The number of anilines is 2. The smallest absolute Gasteiger partial charge is 0.198 e. The second-order valence-corrected chi connectivity index (χ2v) is 10.5. The first-order valence-electron chi connectivity index (χ1n) is 13.1. The molecule has 0 radical (unpaired) electrons. The zero-order valence-corrected chi connectivity index (χ0v) is 21.5. The number of nitrogens with one attached hydrogen (secondary N) is 2. The minimum absolute atomic E-state index is 0.0155. The van der Waals surface area contributed by atoms with Crippen molar-refractivity contribution in [3.05, 3.63) is 112 Å². The first kappa shape index (κ1) is 24.0. The SMILES string of the molecule is CC(C)COc1ccc(C2CC(=O)C3=C(C2)Nc2ccccc2NC3c2coc3ccccc3c2=O)cc1. The lowest BCUT2D eigenvalue weighted by molar-refractivity contribution is -0.116. The Hall–Kier alpha value is -4.32. The Morgan fingerprint density at radius 1 is 0.921 bits per heavy atom. The number of ether oxygens (including phenoxy) is 1. The molecule has 0 fully saturated rings. The lowest BCUT2D eigenvalue weighted by Crippen LogP contribution is -2.29. The molecule has 2 aliphatic rings. The third-order valence-electron chi connectivity index (χ3n) is 7.26. The van der Waals surface area contributed by atoms with E-state index in [-0.39, 0.29) is 17.1 Å². The topological polar surface area (TPSA) is 80.6 Å². The average molecular weight is 507 g/mol. The minimum atomic E-state index is -0.623. The Labute approximate surface area is 221 Å². The second kappa shape index (κ2) is 9.86. The Morgan fingerprint density at radius 3 is 2.45 bits per heavy atom. The first-order valence-corrected chi connectivity index (χ1v) is 13.1. The summed E-state index contributed by atoms with van der Waals surface area (Å²) in [5.74, 6) is 1.32. The van der Waals surface area contributed by atoms with Gasteiger partial charge < -0.3 is 19.8 Å². The fraction of sp³-hybridized carbons (Fsp3) is 0.250. The molecule has 1 aliphatic heterocycles. The Bertz CT molecular complexity index is 1600. The van der Waals surface area contributed by atoms with Crippen molar-refractivity contribution in [1.29, 1.82) is 0 Å². The van der Waals surface area contributed by atoms with Crippen molar-refractivity contribution in [2.75, 3.05) is 17.2 Å². The van der Waals surface area contributed by atoms with Crippen molar-refractivity contribution in [2.45, 2.75) is 38.6 Å². The van der Waals surface area contributed by atoms with E-state index in [4.69, 9.17) is 9.15 Å². The molecule has 0 amide bonds. The number of carbonyl (C=O) groups is 1. The highest BCUT2D eigenvalue weighted by Crippen LogP contribution is 2.44. The minimum Gasteiger partial charge on any atom is -0.493 e. The molecule has 2 N–H and O–H groups in total. The highest BCUT2D eigenvalue weighted by molar-refractivity contribution is 6.01. The highest BCUT2D eigenvalue weighted by Gasteiger charge is 2.37. The van der Waals surface area contributed by atoms with Crippen LogP contribution in [-0.4, -0.2) is 12.4 Å². The van der Waals surface area contributed by atoms with Gasteiger partial charge >= 0.3 is 0 Å². The van der Waals surface area contributed by atoms with Crippen molar-refractivity contribution >= 4 is 28.1 Å². The molecular formula is C32H30N2O4. The van der Waals surface area contributed by atoms with Gasteiger partial charge in [-0.15, -0.1) is 0 Å². The van der Waals surface area contributed by atoms with Crippen LogP contribution in [0.1, 0.15) is 49.8 Å². The number of fused-ring (bicyclic) bond motifs is 2. The Balaban J connectivity index is 1.40. The average Bonchev–Trinajstić information content (AvgIpc) is 3.09. The largest absolute Gasteiger partial charge is 0.493 e. The van der Waals surface area contributed by atoms with Crippen LogP contribution in [-0.2, 0) is 4.79 Å². The molecule has 6 heteroatoms. The van der Waals surface area contributed by atoms with Gasteiger partial charge in [-0.05, 0) is 60.2 Å². The van der Waals surface area contributed by atoms with Gasteiger partial charge in [-0.3, -0.25) is 9.59 Å². The molecule has 2 heterocycles. The summed E-state index contributed by atoms with van der Waals surface area (Å²) in [5.41, 5.74) is 5.04. The maximum absolute atomic E-state index is 13.8. The van der Waals surface area contributed by atoms with Gasteiger partial charge in [0.1, 0.15) is 17.6 Å². The lowest BCUT2D eigenvalue weighted by Gasteiger charge is -2.29. The number of ketones is 1.